The highest BCUT2D eigenvalue weighted by Gasteiger charge is 2.19. The minimum atomic E-state index is -3.48. The lowest BCUT2D eigenvalue weighted by molar-refractivity contribution is 0.0696. The molecule has 0 aliphatic heterocycles. The quantitative estimate of drug-likeness (QED) is 0.812. The Hall–Kier alpha value is -1.62. The molecule has 0 fully saturated rings. The van der Waals surface area contributed by atoms with Gasteiger partial charge in [0, 0.05) is 0 Å². The fourth-order valence-electron chi connectivity index (χ4n) is 1.43. The number of carbonyl (C=O) groups is 1. The molecule has 0 aliphatic rings. The summed E-state index contributed by atoms with van der Waals surface area (Å²) in [4.78, 5) is 10.9. The highest BCUT2D eigenvalue weighted by Crippen LogP contribution is 2.20. The fourth-order valence-corrected chi connectivity index (χ4v) is 2.78. The highest BCUT2D eigenvalue weighted by atomic mass is 32.2. The predicted octanol–water partition coefficient (Wildman–Crippen LogP) is 1.65. The SMILES string of the molecule is C=CCS(=O)(=O)c1cccc(C(=O)O)c1C. The van der Waals surface area contributed by atoms with Crippen LogP contribution in [0.3, 0.4) is 0 Å². The molecule has 0 saturated carbocycles. The lowest BCUT2D eigenvalue weighted by Gasteiger charge is -2.08. The Bertz CT molecular complexity index is 529. The average Bonchev–Trinajstić information content (AvgIpc) is 2.17. The van der Waals surface area contributed by atoms with Crippen molar-refractivity contribution in [3.05, 3.63) is 42.0 Å². The largest absolute Gasteiger partial charge is 0.478 e. The van der Waals surface area contributed by atoms with Gasteiger partial charge in [0.15, 0.2) is 9.84 Å². The molecule has 0 spiro atoms. The third-order valence-corrected chi connectivity index (χ3v) is 3.97. The Kier molecular flexibility index (Phi) is 3.49. The van der Waals surface area contributed by atoms with Gasteiger partial charge in [-0.15, -0.1) is 6.58 Å². The number of carboxylic acid groups (broad SMARTS) is 1. The molecular formula is C11H12O4S. The maximum atomic E-state index is 11.8. The van der Waals surface area contributed by atoms with Crippen LogP contribution in [0.25, 0.3) is 0 Å². The van der Waals surface area contributed by atoms with Crippen LogP contribution in [-0.4, -0.2) is 25.2 Å². The van der Waals surface area contributed by atoms with Gasteiger partial charge in [-0.05, 0) is 24.6 Å². The van der Waals surface area contributed by atoms with Crippen molar-refractivity contribution in [2.75, 3.05) is 5.75 Å². The summed E-state index contributed by atoms with van der Waals surface area (Å²) in [5.41, 5.74) is 0.266. The van der Waals surface area contributed by atoms with Crippen LogP contribution in [0.1, 0.15) is 15.9 Å². The fraction of sp³-hybridized carbons (Fsp3) is 0.182. The number of carboxylic acids is 1. The molecule has 1 N–H and O–H groups in total. The van der Waals surface area contributed by atoms with Gasteiger partial charge in [-0.1, -0.05) is 12.1 Å². The van der Waals surface area contributed by atoms with E-state index in [0.717, 1.165) is 0 Å². The van der Waals surface area contributed by atoms with E-state index < -0.39 is 15.8 Å². The first-order valence-corrected chi connectivity index (χ1v) is 6.22. The Morgan fingerprint density at radius 2 is 2.12 bits per heavy atom. The molecule has 1 aromatic rings. The molecule has 4 nitrogen and oxygen atoms in total. The minimum Gasteiger partial charge on any atom is -0.478 e. The van der Waals surface area contributed by atoms with Crippen molar-refractivity contribution in [1.82, 2.24) is 0 Å². The van der Waals surface area contributed by atoms with Gasteiger partial charge in [0.25, 0.3) is 0 Å². The molecule has 0 unspecified atom stereocenters. The van der Waals surface area contributed by atoms with Crippen molar-refractivity contribution in [2.45, 2.75) is 11.8 Å². The van der Waals surface area contributed by atoms with Crippen molar-refractivity contribution < 1.29 is 18.3 Å². The van der Waals surface area contributed by atoms with Crippen molar-refractivity contribution in [3.63, 3.8) is 0 Å². The number of hydrogen-bond acceptors (Lipinski definition) is 3. The third kappa shape index (κ3) is 2.30. The van der Waals surface area contributed by atoms with E-state index in [1.54, 1.807) is 0 Å². The molecule has 0 bridgehead atoms. The monoisotopic (exact) mass is 240 g/mol. The van der Waals surface area contributed by atoms with Crippen LogP contribution in [0.5, 0.6) is 0 Å². The Morgan fingerprint density at radius 3 is 2.62 bits per heavy atom. The second-order valence-electron chi connectivity index (χ2n) is 3.30. The molecule has 0 atom stereocenters. The van der Waals surface area contributed by atoms with Crippen LogP contribution in [0.15, 0.2) is 35.7 Å². The van der Waals surface area contributed by atoms with Crippen LogP contribution < -0.4 is 0 Å². The number of benzene rings is 1. The summed E-state index contributed by atoms with van der Waals surface area (Å²) in [6.45, 7) is 4.85. The smallest absolute Gasteiger partial charge is 0.335 e. The summed E-state index contributed by atoms with van der Waals surface area (Å²) in [5, 5.41) is 8.87. The van der Waals surface area contributed by atoms with Crippen LogP contribution in [0.2, 0.25) is 0 Å². The molecular weight excluding hydrogens is 228 g/mol. The second-order valence-corrected chi connectivity index (χ2v) is 5.31. The van der Waals surface area contributed by atoms with Crippen LogP contribution >= 0.6 is 0 Å². The molecule has 16 heavy (non-hydrogen) atoms. The van der Waals surface area contributed by atoms with Gasteiger partial charge in [-0.25, -0.2) is 13.2 Å². The molecule has 86 valence electrons. The molecule has 1 aromatic carbocycles. The van der Waals surface area contributed by atoms with Gasteiger partial charge in [0.05, 0.1) is 16.2 Å². The van der Waals surface area contributed by atoms with Gasteiger partial charge in [-0.2, -0.15) is 0 Å². The summed E-state index contributed by atoms with van der Waals surface area (Å²) in [5.74, 6) is -1.33. The molecule has 0 aromatic heterocycles. The maximum absolute atomic E-state index is 11.8. The zero-order valence-electron chi connectivity index (χ0n) is 8.80. The number of rotatable bonds is 4. The third-order valence-electron chi connectivity index (χ3n) is 2.19. The van der Waals surface area contributed by atoms with E-state index in [2.05, 4.69) is 6.58 Å². The topological polar surface area (TPSA) is 71.4 Å². The average molecular weight is 240 g/mol. The van der Waals surface area contributed by atoms with Crippen LogP contribution in [-0.2, 0) is 9.84 Å². The summed E-state index contributed by atoms with van der Waals surface area (Å²) in [7, 11) is -3.48. The molecule has 1 rings (SSSR count). The van der Waals surface area contributed by atoms with Gasteiger partial charge >= 0.3 is 5.97 Å². The Balaban J connectivity index is 3.42. The Labute approximate surface area is 94.1 Å². The molecule has 0 aliphatic carbocycles. The van der Waals surface area contributed by atoms with E-state index in [1.165, 1.54) is 31.2 Å². The molecule has 5 heteroatoms. The van der Waals surface area contributed by atoms with Crippen LogP contribution in [0.4, 0.5) is 0 Å². The van der Waals surface area contributed by atoms with Gasteiger partial charge < -0.3 is 5.11 Å². The first-order chi connectivity index (χ1) is 7.40. The summed E-state index contributed by atoms with van der Waals surface area (Å²) < 4.78 is 23.5. The molecule has 0 amide bonds. The number of aromatic carboxylic acids is 1. The molecule has 0 radical (unpaired) electrons. The Morgan fingerprint density at radius 1 is 1.50 bits per heavy atom. The van der Waals surface area contributed by atoms with E-state index in [1.807, 2.05) is 0 Å². The van der Waals surface area contributed by atoms with E-state index in [0.29, 0.717) is 0 Å². The summed E-state index contributed by atoms with van der Waals surface area (Å²) >= 11 is 0. The van der Waals surface area contributed by atoms with Crippen molar-refractivity contribution >= 4 is 15.8 Å². The van der Waals surface area contributed by atoms with E-state index >= 15 is 0 Å². The van der Waals surface area contributed by atoms with Crippen molar-refractivity contribution in [1.29, 1.82) is 0 Å². The van der Waals surface area contributed by atoms with Gasteiger partial charge in [0.2, 0.25) is 0 Å². The predicted molar refractivity (Wildman–Crippen MR) is 60.4 cm³/mol. The minimum absolute atomic E-state index is 0.00476. The van der Waals surface area contributed by atoms with E-state index in [9.17, 15) is 13.2 Å². The zero-order chi connectivity index (χ0) is 12.3. The molecule has 0 heterocycles. The van der Waals surface area contributed by atoms with Crippen molar-refractivity contribution in [2.24, 2.45) is 0 Å². The van der Waals surface area contributed by atoms with Gasteiger partial charge in [-0.3, -0.25) is 0 Å². The van der Waals surface area contributed by atoms with E-state index in [4.69, 9.17) is 5.11 Å². The molecule has 0 saturated heterocycles. The summed E-state index contributed by atoms with van der Waals surface area (Å²) in [6, 6.07) is 4.21. The van der Waals surface area contributed by atoms with Crippen molar-refractivity contribution in [3.8, 4) is 0 Å². The van der Waals surface area contributed by atoms with E-state index in [-0.39, 0.29) is 21.8 Å². The lowest BCUT2D eigenvalue weighted by atomic mass is 10.1. The second kappa shape index (κ2) is 4.49. The first-order valence-electron chi connectivity index (χ1n) is 4.56. The van der Waals surface area contributed by atoms with Crippen LogP contribution in [0, 0.1) is 6.92 Å². The maximum Gasteiger partial charge on any atom is 0.335 e. The number of hydrogen-bond donors (Lipinski definition) is 1. The summed E-state index contributed by atoms with van der Waals surface area (Å²) in [6.07, 6.45) is 1.28. The lowest BCUT2D eigenvalue weighted by Crippen LogP contribution is -2.10. The first kappa shape index (κ1) is 12.4. The number of sulfone groups is 1. The highest BCUT2D eigenvalue weighted by molar-refractivity contribution is 7.91. The van der Waals surface area contributed by atoms with Gasteiger partial charge in [0.1, 0.15) is 0 Å². The normalized spacial score (nSPS) is 11.1. The standard InChI is InChI=1S/C11H12O4S/c1-3-7-16(14,15)10-6-4-5-9(8(10)2)11(12)13/h3-6H,1,7H2,2H3,(H,12,13). The zero-order valence-corrected chi connectivity index (χ0v) is 9.62.